The monoisotopic (exact) mass is 405 g/mol. The highest BCUT2D eigenvalue weighted by atomic mass is 16.5. The van der Waals surface area contributed by atoms with E-state index in [0.29, 0.717) is 29.8 Å². The van der Waals surface area contributed by atoms with Crippen LogP contribution in [0.3, 0.4) is 0 Å². The number of nitriles is 1. The summed E-state index contributed by atoms with van der Waals surface area (Å²) in [5.41, 5.74) is 1.52. The van der Waals surface area contributed by atoms with Gasteiger partial charge < -0.3 is 15.4 Å². The van der Waals surface area contributed by atoms with Gasteiger partial charge in [0.15, 0.2) is 0 Å². The van der Waals surface area contributed by atoms with Gasteiger partial charge in [0.1, 0.15) is 23.2 Å². The number of hydrogen-bond acceptors (Lipinski definition) is 6. The molecule has 0 spiro atoms. The Balaban J connectivity index is 1.40. The van der Waals surface area contributed by atoms with E-state index in [9.17, 15) is 5.26 Å². The van der Waals surface area contributed by atoms with Gasteiger partial charge in [0.05, 0.1) is 13.3 Å². The van der Waals surface area contributed by atoms with E-state index < -0.39 is 0 Å². The van der Waals surface area contributed by atoms with Gasteiger partial charge in [-0.1, -0.05) is 44.4 Å². The first-order valence-electron chi connectivity index (χ1n) is 11.0. The van der Waals surface area contributed by atoms with Gasteiger partial charge in [0.2, 0.25) is 5.95 Å². The zero-order chi connectivity index (χ0) is 20.9. The summed E-state index contributed by atoms with van der Waals surface area (Å²) in [6.07, 6.45) is 8.32. The van der Waals surface area contributed by atoms with Crippen LogP contribution < -0.4 is 15.4 Å². The van der Waals surface area contributed by atoms with Crippen molar-refractivity contribution in [1.29, 1.82) is 5.26 Å². The Labute approximate surface area is 179 Å². The van der Waals surface area contributed by atoms with Gasteiger partial charge in [-0.2, -0.15) is 10.2 Å². The molecule has 4 rings (SSSR count). The van der Waals surface area contributed by atoms with Crippen LogP contribution >= 0.6 is 0 Å². The number of anilines is 2. The van der Waals surface area contributed by atoms with Crippen molar-refractivity contribution in [2.45, 2.75) is 45.6 Å². The molecule has 2 aliphatic rings. The van der Waals surface area contributed by atoms with E-state index in [1.54, 1.807) is 13.3 Å². The normalized spacial score (nSPS) is 25.2. The highest BCUT2D eigenvalue weighted by Gasteiger charge is 2.37. The van der Waals surface area contributed by atoms with Crippen LogP contribution in [0.2, 0.25) is 0 Å². The Morgan fingerprint density at radius 3 is 2.67 bits per heavy atom. The third-order valence-electron chi connectivity index (χ3n) is 7.01. The fraction of sp³-hybridized carbons (Fsp3) is 0.542. The first-order valence-corrected chi connectivity index (χ1v) is 11.0. The highest BCUT2D eigenvalue weighted by molar-refractivity contribution is 5.53. The average molecular weight is 406 g/mol. The molecular formula is C24H31N5O. The Kier molecular flexibility index (Phi) is 6.37. The summed E-state index contributed by atoms with van der Waals surface area (Å²) in [5, 5.41) is 16.2. The fourth-order valence-electron chi connectivity index (χ4n) is 5.28. The smallest absolute Gasteiger partial charge is 0.224 e. The van der Waals surface area contributed by atoms with Gasteiger partial charge >= 0.3 is 0 Å². The molecule has 1 heterocycles. The number of rotatable bonds is 7. The molecule has 2 N–H and O–H groups in total. The first kappa shape index (κ1) is 20.5. The van der Waals surface area contributed by atoms with Crippen LogP contribution in [0.15, 0.2) is 30.5 Å². The maximum absolute atomic E-state index is 9.48. The second-order valence-electron chi connectivity index (χ2n) is 8.76. The largest absolute Gasteiger partial charge is 0.496 e. The molecule has 0 amide bonds. The molecule has 1 aromatic heterocycles. The standard InChI is InChI=1S/C24H31N5O/c1-16-18-7-5-8-19(16)11-17(10-18)13-26-23-21(12-25)15-28-24(29-23)27-14-20-6-3-4-9-22(20)30-2/h3-4,6,9,15-19H,5,7-8,10-11,13-14H2,1-2H3,(H2,26,27,28,29)/t16-,17?,18-,19+. The predicted octanol–water partition coefficient (Wildman–Crippen LogP) is 4.84. The number of nitrogens with zero attached hydrogens (tertiary/aromatic N) is 3. The maximum Gasteiger partial charge on any atom is 0.224 e. The van der Waals surface area contributed by atoms with Gasteiger partial charge in [0.25, 0.3) is 0 Å². The summed E-state index contributed by atoms with van der Waals surface area (Å²) in [6, 6.07) is 10.1. The summed E-state index contributed by atoms with van der Waals surface area (Å²) < 4.78 is 5.40. The minimum absolute atomic E-state index is 0.488. The topological polar surface area (TPSA) is 82.9 Å². The van der Waals surface area contributed by atoms with E-state index in [2.05, 4.69) is 33.6 Å². The van der Waals surface area contributed by atoms with Gasteiger partial charge in [-0.15, -0.1) is 0 Å². The number of aromatic nitrogens is 2. The van der Waals surface area contributed by atoms with E-state index in [-0.39, 0.29) is 0 Å². The van der Waals surface area contributed by atoms with Crippen molar-refractivity contribution in [2.24, 2.45) is 23.7 Å². The fourth-order valence-corrected chi connectivity index (χ4v) is 5.28. The van der Waals surface area contributed by atoms with Gasteiger partial charge in [-0.05, 0) is 42.6 Å². The molecule has 6 heteroatoms. The van der Waals surface area contributed by atoms with Crippen LogP contribution in [0, 0.1) is 35.0 Å². The third-order valence-corrected chi connectivity index (χ3v) is 7.01. The number of benzene rings is 1. The quantitative estimate of drug-likeness (QED) is 0.686. The van der Waals surface area contributed by atoms with Crippen molar-refractivity contribution >= 4 is 11.8 Å². The van der Waals surface area contributed by atoms with Crippen LogP contribution in [0.25, 0.3) is 0 Å². The lowest BCUT2D eigenvalue weighted by Crippen LogP contribution is -2.36. The molecule has 30 heavy (non-hydrogen) atoms. The number of ether oxygens (including phenoxy) is 1. The highest BCUT2D eigenvalue weighted by Crippen LogP contribution is 2.46. The van der Waals surface area contributed by atoms with Crippen LogP contribution in [0.5, 0.6) is 5.75 Å². The number of hydrogen-bond donors (Lipinski definition) is 2. The molecule has 2 bridgehead atoms. The summed E-state index contributed by atoms with van der Waals surface area (Å²) in [4.78, 5) is 8.90. The molecule has 2 fully saturated rings. The zero-order valence-electron chi connectivity index (χ0n) is 17.9. The SMILES string of the molecule is COc1ccccc1CNc1ncc(C#N)c(NCC2C[C@H]3CCC[C@@H](C2)[C@@H]3C)n1. The van der Waals surface area contributed by atoms with E-state index in [4.69, 9.17) is 4.74 Å². The van der Waals surface area contributed by atoms with Crippen molar-refractivity contribution in [3.63, 3.8) is 0 Å². The van der Waals surface area contributed by atoms with Crippen molar-refractivity contribution < 1.29 is 4.74 Å². The second-order valence-corrected chi connectivity index (χ2v) is 8.76. The van der Waals surface area contributed by atoms with Gasteiger partial charge in [-0.3, -0.25) is 0 Å². The zero-order valence-corrected chi connectivity index (χ0v) is 17.9. The predicted molar refractivity (Wildman–Crippen MR) is 118 cm³/mol. The Hall–Kier alpha value is -2.81. The second kappa shape index (κ2) is 9.34. The molecule has 1 aromatic carbocycles. The van der Waals surface area contributed by atoms with Crippen LogP contribution in [-0.2, 0) is 6.54 Å². The van der Waals surface area contributed by atoms with E-state index in [1.165, 1.54) is 32.1 Å². The minimum Gasteiger partial charge on any atom is -0.496 e. The number of nitrogens with one attached hydrogen (secondary N) is 2. The maximum atomic E-state index is 9.48. The molecule has 1 unspecified atom stereocenters. The summed E-state index contributed by atoms with van der Waals surface area (Å²) in [5.74, 6) is 5.22. The minimum atomic E-state index is 0.488. The van der Waals surface area contributed by atoms with Crippen LogP contribution in [0.4, 0.5) is 11.8 Å². The summed E-state index contributed by atoms with van der Waals surface area (Å²) in [7, 11) is 1.67. The van der Waals surface area contributed by atoms with Crippen LogP contribution in [-0.4, -0.2) is 23.6 Å². The van der Waals surface area contributed by atoms with Crippen molar-refractivity contribution in [3.05, 3.63) is 41.6 Å². The number of methoxy groups -OCH3 is 1. The van der Waals surface area contributed by atoms with Gasteiger partial charge in [0, 0.05) is 18.7 Å². The van der Waals surface area contributed by atoms with E-state index in [0.717, 1.165) is 35.6 Å². The Morgan fingerprint density at radius 1 is 1.17 bits per heavy atom. The number of fused-ring (bicyclic) bond motifs is 2. The summed E-state index contributed by atoms with van der Waals surface area (Å²) >= 11 is 0. The molecule has 158 valence electrons. The first-order chi connectivity index (χ1) is 14.7. The van der Waals surface area contributed by atoms with Crippen molar-refractivity contribution in [2.75, 3.05) is 24.3 Å². The molecule has 0 radical (unpaired) electrons. The van der Waals surface area contributed by atoms with Crippen molar-refractivity contribution in [3.8, 4) is 11.8 Å². The van der Waals surface area contributed by atoms with Gasteiger partial charge in [-0.25, -0.2) is 4.98 Å². The average Bonchev–Trinajstić information content (AvgIpc) is 2.76. The third kappa shape index (κ3) is 4.51. The Morgan fingerprint density at radius 2 is 1.93 bits per heavy atom. The van der Waals surface area contributed by atoms with Crippen LogP contribution in [0.1, 0.15) is 50.2 Å². The molecular weight excluding hydrogens is 374 g/mol. The molecule has 0 aliphatic heterocycles. The molecule has 4 atom stereocenters. The van der Waals surface area contributed by atoms with E-state index >= 15 is 0 Å². The molecule has 6 nitrogen and oxygen atoms in total. The number of para-hydroxylation sites is 1. The lowest BCUT2D eigenvalue weighted by molar-refractivity contribution is 0.0719. The molecule has 2 aliphatic carbocycles. The Bertz CT molecular complexity index is 895. The lowest BCUT2D eigenvalue weighted by Gasteiger charge is -2.44. The van der Waals surface area contributed by atoms with E-state index in [1.807, 2.05) is 24.3 Å². The molecule has 2 saturated carbocycles. The summed E-state index contributed by atoms with van der Waals surface area (Å²) in [6.45, 7) is 3.87. The molecule has 0 saturated heterocycles. The van der Waals surface area contributed by atoms with Crippen molar-refractivity contribution in [1.82, 2.24) is 9.97 Å². The lowest BCUT2D eigenvalue weighted by atomic mass is 9.62. The molecule has 2 aromatic rings.